The van der Waals surface area contributed by atoms with E-state index in [0.717, 1.165) is 21.5 Å². The van der Waals surface area contributed by atoms with Crippen LogP contribution in [0.1, 0.15) is 23.0 Å². The third-order valence-electron chi connectivity index (χ3n) is 3.17. The zero-order chi connectivity index (χ0) is 14.1. The Bertz CT molecular complexity index is 773. The van der Waals surface area contributed by atoms with E-state index in [1.165, 1.54) is 10.5 Å². The molecule has 102 valence electrons. The highest BCUT2D eigenvalue weighted by Gasteiger charge is 2.18. The molecule has 0 atom stereocenters. The van der Waals surface area contributed by atoms with Crippen molar-refractivity contribution < 1.29 is 4.79 Å². The second-order valence-corrected chi connectivity index (χ2v) is 6.39. The number of H-pyrrole nitrogens is 1. The van der Waals surface area contributed by atoms with Crippen molar-refractivity contribution in [1.82, 2.24) is 4.98 Å². The molecule has 0 radical (unpaired) electrons. The number of benzene rings is 1. The smallest absolute Gasteiger partial charge is 0.266 e. The number of hydrogen-bond acceptors (Lipinski definition) is 3. The number of thiophene rings is 1. The summed E-state index contributed by atoms with van der Waals surface area (Å²) in [5.74, 6) is -0.412. The quantitative estimate of drug-likeness (QED) is 0.764. The number of nitrogens with one attached hydrogen (secondary N) is 1. The van der Waals surface area contributed by atoms with E-state index in [9.17, 15) is 4.79 Å². The van der Waals surface area contributed by atoms with Crippen molar-refractivity contribution in [3.05, 3.63) is 47.0 Å². The van der Waals surface area contributed by atoms with E-state index in [4.69, 9.17) is 5.73 Å². The van der Waals surface area contributed by atoms with Crippen molar-refractivity contribution in [2.45, 2.75) is 23.1 Å². The Morgan fingerprint density at radius 1 is 1.35 bits per heavy atom. The van der Waals surface area contributed by atoms with Crippen molar-refractivity contribution in [3.63, 3.8) is 0 Å². The van der Waals surface area contributed by atoms with Crippen LogP contribution < -0.4 is 5.73 Å². The second kappa shape index (κ2) is 5.34. The van der Waals surface area contributed by atoms with Gasteiger partial charge in [-0.3, -0.25) is 4.79 Å². The molecule has 3 rings (SSSR count). The van der Waals surface area contributed by atoms with Gasteiger partial charge in [0.2, 0.25) is 0 Å². The number of rotatable bonds is 4. The fourth-order valence-electron chi connectivity index (χ4n) is 2.16. The van der Waals surface area contributed by atoms with E-state index >= 15 is 0 Å². The van der Waals surface area contributed by atoms with Crippen LogP contribution in [0.3, 0.4) is 0 Å². The first-order valence-corrected chi connectivity index (χ1v) is 8.05. The first-order chi connectivity index (χ1) is 9.70. The monoisotopic (exact) mass is 302 g/mol. The lowest BCUT2D eigenvalue weighted by atomic mass is 10.2. The summed E-state index contributed by atoms with van der Waals surface area (Å²) in [6.07, 6.45) is 0.965. The fraction of sp³-hybridized carbons (Fsp3) is 0.133. The van der Waals surface area contributed by atoms with Gasteiger partial charge >= 0.3 is 0 Å². The van der Waals surface area contributed by atoms with Crippen molar-refractivity contribution >= 4 is 39.2 Å². The van der Waals surface area contributed by atoms with Gasteiger partial charge in [0.05, 0.1) is 15.1 Å². The van der Waals surface area contributed by atoms with Crippen molar-refractivity contribution in [2.75, 3.05) is 0 Å². The molecule has 3 nitrogen and oxygen atoms in total. The van der Waals surface area contributed by atoms with Crippen LogP contribution in [0, 0.1) is 0 Å². The minimum atomic E-state index is -0.412. The number of primary amides is 1. The molecule has 0 unspecified atom stereocenters. The highest BCUT2D eigenvalue weighted by atomic mass is 32.2. The lowest BCUT2D eigenvalue weighted by Gasteiger charge is -2.07. The molecule has 0 aliphatic heterocycles. The average Bonchev–Trinajstić information content (AvgIpc) is 3.02. The van der Waals surface area contributed by atoms with Gasteiger partial charge in [-0.25, -0.2) is 0 Å². The van der Waals surface area contributed by atoms with E-state index < -0.39 is 5.91 Å². The zero-order valence-electron chi connectivity index (χ0n) is 11.0. The fourth-order valence-corrected chi connectivity index (χ4v) is 4.40. The van der Waals surface area contributed by atoms with Crippen molar-refractivity contribution in [2.24, 2.45) is 5.73 Å². The van der Waals surface area contributed by atoms with Gasteiger partial charge < -0.3 is 10.7 Å². The maximum Gasteiger partial charge on any atom is 0.266 e. The number of amides is 1. The normalized spacial score (nSPS) is 11.1. The molecular weight excluding hydrogens is 288 g/mol. The number of aromatic amines is 1. The van der Waals surface area contributed by atoms with Gasteiger partial charge in [0.25, 0.3) is 5.91 Å². The van der Waals surface area contributed by atoms with Crippen LogP contribution in [0.2, 0.25) is 0 Å². The maximum atomic E-state index is 11.6. The molecule has 20 heavy (non-hydrogen) atoms. The summed E-state index contributed by atoms with van der Waals surface area (Å²) in [6, 6.07) is 10.2. The molecule has 1 aromatic carbocycles. The van der Waals surface area contributed by atoms with Gasteiger partial charge in [-0.05, 0) is 29.5 Å². The molecule has 2 aromatic heterocycles. The van der Waals surface area contributed by atoms with Gasteiger partial charge in [-0.1, -0.05) is 36.9 Å². The van der Waals surface area contributed by atoms with E-state index in [1.807, 2.05) is 23.6 Å². The first kappa shape index (κ1) is 13.3. The van der Waals surface area contributed by atoms with Crippen molar-refractivity contribution in [3.8, 4) is 0 Å². The summed E-state index contributed by atoms with van der Waals surface area (Å²) >= 11 is 3.24. The highest BCUT2D eigenvalue weighted by Crippen LogP contribution is 2.40. The SMILES string of the molecule is CCc1ccccc1Sc1c(C(N)=O)[nH]c2ccsc12. The van der Waals surface area contributed by atoms with Crippen LogP contribution in [0.5, 0.6) is 0 Å². The maximum absolute atomic E-state index is 11.6. The Morgan fingerprint density at radius 3 is 2.90 bits per heavy atom. The standard InChI is InChI=1S/C15H14N2OS2/c1-2-9-5-3-4-6-11(9)20-14-12(15(16)18)17-10-7-8-19-13(10)14/h3-8,17H,2H2,1H3,(H2,16,18). The molecule has 2 heterocycles. The van der Waals surface area contributed by atoms with Crippen LogP contribution in [-0.4, -0.2) is 10.9 Å². The number of aromatic nitrogens is 1. The Balaban J connectivity index is 2.11. The summed E-state index contributed by atoms with van der Waals surface area (Å²) in [4.78, 5) is 16.8. The minimum absolute atomic E-state index is 0.412. The largest absolute Gasteiger partial charge is 0.364 e. The van der Waals surface area contributed by atoms with Crippen LogP contribution in [0.25, 0.3) is 10.2 Å². The van der Waals surface area contributed by atoms with Crippen LogP contribution in [-0.2, 0) is 6.42 Å². The minimum Gasteiger partial charge on any atom is -0.364 e. The van der Waals surface area contributed by atoms with E-state index in [2.05, 4.69) is 24.0 Å². The number of hydrogen-bond donors (Lipinski definition) is 2. The Kier molecular flexibility index (Phi) is 3.54. The second-order valence-electron chi connectivity index (χ2n) is 4.42. The Labute approximate surface area is 125 Å². The number of nitrogens with two attached hydrogens (primary N) is 1. The van der Waals surface area contributed by atoms with Gasteiger partial charge in [0.15, 0.2) is 0 Å². The average molecular weight is 302 g/mol. The summed E-state index contributed by atoms with van der Waals surface area (Å²) in [7, 11) is 0. The molecular formula is C15H14N2OS2. The molecule has 5 heteroatoms. The molecule has 0 bridgehead atoms. The highest BCUT2D eigenvalue weighted by molar-refractivity contribution is 7.99. The molecule has 0 saturated carbocycles. The molecule has 0 aliphatic carbocycles. The van der Waals surface area contributed by atoms with Crippen LogP contribution in [0.4, 0.5) is 0 Å². The summed E-state index contributed by atoms with van der Waals surface area (Å²) in [5.41, 5.74) is 8.23. The molecule has 1 amide bonds. The van der Waals surface area contributed by atoms with Gasteiger partial charge in [-0.15, -0.1) is 11.3 Å². The van der Waals surface area contributed by atoms with E-state index in [1.54, 1.807) is 23.1 Å². The summed E-state index contributed by atoms with van der Waals surface area (Å²) in [6.45, 7) is 2.13. The topological polar surface area (TPSA) is 58.9 Å². The molecule has 0 aliphatic rings. The lowest BCUT2D eigenvalue weighted by Crippen LogP contribution is -2.12. The third kappa shape index (κ3) is 2.23. The van der Waals surface area contributed by atoms with Crippen LogP contribution in [0.15, 0.2) is 45.5 Å². The number of carbonyl (C=O) groups is 1. The Morgan fingerprint density at radius 2 is 2.15 bits per heavy atom. The molecule has 0 spiro atoms. The van der Waals surface area contributed by atoms with Crippen molar-refractivity contribution in [1.29, 1.82) is 0 Å². The predicted molar refractivity (Wildman–Crippen MR) is 84.6 cm³/mol. The van der Waals surface area contributed by atoms with E-state index in [-0.39, 0.29) is 0 Å². The lowest BCUT2D eigenvalue weighted by molar-refractivity contribution is 0.0993. The number of carbonyl (C=O) groups excluding carboxylic acids is 1. The zero-order valence-corrected chi connectivity index (χ0v) is 12.6. The summed E-state index contributed by atoms with van der Waals surface area (Å²) in [5, 5.41) is 2.02. The summed E-state index contributed by atoms with van der Waals surface area (Å²) < 4.78 is 1.09. The molecule has 0 saturated heterocycles. The van der Waals surface area contributed by atoms with Gasteiger partial charge in [0.1, 0.15) is 5.69 Å². The predicted octanol–water partition coefficient (Wildman–Crippen LogP) is 4.04. The number of fused-ring (bicyclic) bond motifs is 1. The molecule has 3 aromatic rings. The van der Waals surface area contributed by atoms with Crippen LogP contribution >= 0.6 is 23.1 Å². The number of aryl methyl sites for hydroxylation is 1. The first-order valence-electron chi connectivity index (χ1n) is 6.35. The Hall–Kier alpha value is -1.72. The molecule has 0 fully saturated rings. The third-order valence-corrected chi connectivity index (χ3v) is 5.46. The molecule has 3 N–H and O–H groups in total. The van der Waals surface area contributed by atoms with Gasteiger partial charge in [-0.2, -0.15) is 0 Å². The van der Waals surface area contributed by atoms with E-state index in [0.29, 0.717) is 5.69 Å². The van der Waals surface area contributed by atoms with Gasteiger partial charge in [0, 0.05) is 4.90 Å².